The first-order chi connectivity index (χ1) is 15.7. The monoisotopic (exact) mass is 477 g/mol. The van der Waals surface area contributed by atoms with Gasteiger partial charge in [0.15, 0.2) is 0 Å². The molecule has 33 heavy (non-hydrogen) atoms. The van der Waals surface area contributed by atoms with Gasteiger partial charge in [-0.25, -0.2) is 13.2 Å². The highest BCUT2D eigenvalue weighted by molar-refractivity contribution is 7.89. The summed E-state index contributed by atoms with van der Waals surface area (Å²) in [6, 6.07) is 10.8. The van der Waals surface area contributed by atoms with Crippen molar-refractivity contribution in [3.8, 4) is 5.75 Å². The van der Waals surface area contributed by atoms with E-state index in [1.54, 1.807) is 29.2 Å². The third kappa shape index (κ3) is 6.25. The van der Waals surface area contributed by atoms with Crippen molar-refractivity contribution in [2.75, 3.05) is 45.2 Å². The topological polar surface area (TPSA) is 151 Å². The minimum absolute atomic E-state index is 0.0826. The second kappa shape index (κ2) is 10.4. The van der Waals surface area contributed by atoms with Crippen LogP contribution in [0.5, 0.6) is 5.75 Å². The quantitative estimate of drug-likeness (QED) is 0.447. The van der Waals surface area contributed by atoms with Crippen LogP contribution in [0.3, 0.4) is 0 Å². The minimum Gasteiger partial charge on any atom is -0.497 e. The predicted octanol–water partition coefficient (Wildman–Crippen LogP) is 1.26. The number of hydrogen-bond acceptors (Lipinski definition) is 8. The van der Waals surface area contributed by atoms with Gasteiger partial charge in [0.2, 0.25) is 15.9 Å². The number of ether oxygens (including phenoxy) is 1. The number of urea groups is 1. The standard InChI is InChI=1S/C20H23N5O7S/c1-32-17-7-5-15(6-8-17)21-20(27)22-19(26)14-23-9-11-24(12-10-23)33(30,31)18-4-2-3-16(13-18)25(28)29/h2-8,13H,9-12,14H2,1H3,(H2,21,22,26,27). The Balaban J connectivity index is 1.49. The van der Waals surface area contributed by atoms with Crippen molar-refractivity contribution < 1.29 is 27.7 Å². The number of sulfonamides is 1. The van der Waals surface area contributed by atoms with Crippen molar-refractivity contribution in [1.29, 1.82) is 0 Å². The van der Waals surface area contributed by atoms with E-state index in [-0.39, 0.29) is 43.3 Å². The molecule has 0 aliphatic carbocycles. The molecule has 1 aliphatic rings. The average Bonchev–Trinajstić information content (AvgIpc) is 2.79. The van der Waals surface area contributed by atoms with Crippen molar-refractivity contribution in [2.45, 2.75) is 4.90 Å². The highest BCUT2D eigenvalue weighted by Crippen LogP contribution is 2.22. The predicted molar refractivity (Wildman–Crippen MR) is 118 cm³/mol. The largest absolute Gasteiger partial charge is 0.497 e. The van der Waals surface area contributed by atoms with E-state index in [9.17, 15) is 28.1 Å². The van der Waals surface area contributed by atoms with Crippen molar-refractivity contribution >= 4 is 33.3 Å². The number of amides is 3. The van der Waals surface area contributed by atoms with Gasteiger partial charge in [0.05, 0.1) is 23.5 Å². The van der Waals surface area contributed by atoms with Gasteiger partial charge >= 0.3 is 6.03 Å². The number of nitrogens with one attached hydrogen (secondary N) is 2. The van der Waals surface area contributed by atoms with Gasteiger partial charge in [0.25, 0.3) is 5.69 Å². The molecule has 3 rings (SSSR count). The van der Waals surface area contributed by atoms with E-state index in [0.717, 1.165) is 6.07 Å². The van der Waals surface area contributed by atoms with Gasteiger partial charge in [-0.1, -0.05) is 6.07 Å². The zero-order chi connectivity index (χ0) is 24.0. The second-order valence-electron chi connectivity index (χ2n) is 7.17. The number of carbonyl (C=O) groups is 2. The molecule has 1 heterocycles. The van der Waals surface area contributed by atoms with E-state index >= 15 is 0 Å². The number of nitro groups is 1. The Morgan fingerprint density at radius 1 is 1.09 bits per heavy atom. The maximum Gasteiger partial charge on any atom is 0.325 e. The third-order valence-corrected chi connectivity index (χ3v) is 6.86. The molecule has 1 saturated heterocycles. The van der Waals surface area contributed by atoms with Crippen LogP contribution in [0, 0.1) is 10.1 Å². The molecule has 0 unspecified atom stereocenters. The molecule has 176 valence electrons. The summed E-state index contributed by atoms with van der Waals surface area (Å²) in [6.45, 7) is 0.663. The SMILES string of the molecule is COc1ccc(NC(=O)NC(=O)CN2CCN(S(=O)(=O)c3cccc([N+](=O)[O-])c3)CC2)cc1. The van der Waals surface area contributed by atoms with Gasteiger partial charge < -0.3 is 10.1 Å². The molecular formula is C20H23N5O7S. The maximum atomic E-state index is 12.8. The lowest BCUT2D eigenvalue weighted by Crippen LogP contribution is -2.51. The van der Waals surface area contributed by atoms with E-state index < -0.39 is 26.9 Å². The van der Waals surface area contributed by atoms with E-state index in [2.05, 4.69) is 10.6 Å². The first-order valence-corrected chi connectivity index (χ1v) is 11.3. The third-order valence-electron chi connectivity index (χ3n) is 4.97. The van der Waals surface area contributed by atoms with Crippen molar-refractivity contribution in [1.82, 2.24) is 14.5 Å². The maximum absolute atomic E-state index is 12.8. The Morgan fingerprint density at radius 3 is 2.36 bits per heavy atom. The average molecular weight is 477 g/mol. The molecule has 1 fully saturated rings. The number of methoxy groups -OCH3 is 1. The first kappa shape index (κ1) is 24.1. The smallest absolute Gasteiger partial charge is 0.325 e. The van der Waals surface area contributed by atoms with Crippen LogP contribution in [0.15, 0.2) is 53.4 Å². The fourth-order valence-electron chi connectivity index (χ4n) is 3.24. The van der Waals surface area contributed by atoms with Gasteiger partial charge in [-0.05, 0) is 30.3 Å². The van der Waals surface area contributed by atoms with Crippen molar-refractivity contribution in [2.24, 2.45) is 0 Å². The van der Waals surface area contributed by atoms with Crippen LogP contribution in [0.1, 0.15) is 0 Å². The van der Waals surface area contributed by atoms with E-state index in [4.69, 9.17) is 4.74 Å². The van der Waals surface area contributed by atoms with Gasteiger partial charge in [-0.3, -0.25) is 25.1 Å². The van der Waals surface area contributed by atoms with Crippen LogP contribution < -0.4 is 15.4 Å². The van der Waals surface area contributed by atoms with E-state index in [0.29, 0.717) is 11.4 Å². The lowest BCUT2D eigenvalue weighted by molar-refractivity contribution is -0.385. The summed E-state index contributed by atoms with van der Waals surface area (Å²) < 4.78 is 31.8. The number of imide groups is 1. The molecule has 0 atom stereocenters. The van der Waals surface area contributed by atoms with Crippen LogP contribution in [-0.4, -0.2) is 74.3 Å². The number of nitrogens with zero attached hydrogens (tertiary/aromatic N) is 3. The number of carbonyl (C=O) groups excluding carboxylic acids is 2. The normalized spacial score (nSPS) is 14.9. The van der Waals surface area contributed by atoms with Crippen LogP contribution in [-0.2, 0) is 14.8 Å². The number of non-ortho nitro benzene ring substituents is 1. The summed E-state index contributed by atoms with van der Waals surface area (Å²) in [5.74, 6) is 0.0969. The Kier molecular flexibility index (Phi) is 7.58. The highest BCUT2D eigenvalue weighted by Gasteiger charge is 2.30. The van der Waals surface area contributed by atoms with Crippen LogP contribution in [0.25, 0.3) is 0 Å². The molecule has 2 aromatic rings. The van der Waals surface area contributed by atoms with Crippen LogP contribution in [0.4, 0.5) is 16.2 Å². The molecular weight excluding hydrogens is 454 g/mol. The molecule has 2 aromatic carbocycles. The van der Waals surface area contributed by atoms with Crippen LogP contribution in [0.2, 0.25) is 0 Å². The molecule has 3 amide bonds. The summed E-state index contributed by atoms with van der Waals surface area (Å²) in [7, 11) is -2.38. The number of anilines is 1. The Morgan fingerprint density at radius 2 is 1.76 bits per heavy atom. The van der Waals surface area contributed by atoms with Gasteiger partial charge in [0.1, 0.15) is 5.75 Å². The fourth-order valence-corrected chi connectivity index (χ4v) is 4.70. The molecule has 0 spiro atoms. The summed E-state index contributed by atoms with van der Waals surface area (Å²) in [5.41, 5.74) is 0.181. The molecule has 0 bridgehead atoms. The van der Waals surface area contributed by atoms with E-state index in [1.807, 2.05) is 0 Å². The molecule has 0 radical (unpaired) electrons. The number of piperazine rings is 1. The Labute approximate surface area is 190 Å². The highest BCUT2D eigenvalue weighted by atomic mass is 32.2. The second-order valence-corrected chi connectivity index (χ2v) is 9.10. The molecule has 2 N–H and O–H groups in total. The lowest BCUT2D eigenvalue weighted by Gasteiger charge is -2.33. The van der Waals surface area contributed by atoms with Crippen molar-refractivity contribution in [3.05, 3.63) is 58.6 Å². The minimum atomic E-state index is -3.90. The molecule has 0 saturated carbocycles. The summed E-state index contributed by atoms with van der Waals surface area (Å²) in [4.78, 5) is 36.0. The van der Waals surface area contributed by atoms with E-state index in [1.165, 1.54) is 29.6 Å². The van der Waals surface area contributed by atoms with Gasteiger partial charge in [0, 0.05) is 44.0 Å². The van der Waals surface area contributed by atoms with Crippen molar-refractivity contribution in [3.63, 3.8) is 0 Å². The number of hydrogen-bond donors (Lipinski definition) is 2. The number of rotatable bonds is 7. The first-order valence-electron chi connectivity index (χ1n) is 9.91. The number of nitro benzene ring substituents is 1. The molecule has 13 heteroatoms. The molecule has 1 aliphatic heterocycles. The Hall–Kier alpha value is -3.55. The zero-order valence-corrected chi connectivity index (χ0v) is 18.6. The molecule has 0 aromatic heterocycles. The summed E-state index contributed by atoms with van der Waals surface area (Å²) in [6.07, 6.45) is 0. The fraction of sp³-hybridized carbons (Fsp3) is 0.300. The summed E-state index contributed by atoms with van der Waals surface area (Å²) in [5, 5.41) is 15.7. The summed E-state index contributed by atoms with van der Waals surface area (Å²) >= 11 is 0. The van der Waals surface area contributed by atoms with Crippen LogP contribution >= 0.6 is 0 Å². The molecule has 12 nitrogen and oxygen atoms in total. The Bertz CT molecular complexity index is 1130. The lowest BCUT2D eigenvalue weighted by atomic mass is 10.3. The number of benzene rings is 2. The van der Waals surface area contributed by atoms with Gasteiger partial charge in [-0.2, -0.15) is 4.31 Å². The zero-order valence-electron chi connectivity index (χ0n) is 17.8. The van der Waals surface area contributed by atoms with Gasteiger partial charge in [-0.15, -0.1) is 0 Å².